The van der Waals surface area contributed by atoms with Gasteiger partial charge in [0.15, 0.2) is 0 Å². The fraction of sp³-hybridized carbons (Fsp3) is 0.429. The molecule has 3 heteroatoms. The fourth-order valence-electron chi connectivity index (χ4n) is 3.98. The molecule has 3 atom stereocenters. The summed E-state index contributed by atoms with van der Waals surface area (Å²) in [6, 6.07) is 19.3. The van der Waals surface area contributed by atoms with Crippen LogP contribution >= 0.6 is 0 Å². The first-order valence-corrected chi connectivity index (χ1v) is 8.80. The van der Waals surface area contributed by atoms with Gasteiger partial charge >= 0.3 is 0 Å². The second kappa shape index (κ2) is 7.82. The van der Waals surface area contributed by atoms with Crippen LogP contribution in [0, 0.1) is 0 Å². The summed E-state index contributed by atoms with van der Waals surface area (Å²) in [5.74, 6) is 1.39. The quantitative estimate of drug-likeness (QED) is 0.902. The number of ether oxygens (including phenoxy) is 1. The van der Waals surface area contributed by atoms with E-state index in [4.69, 9.17) is 4.74 Å². The Morgan fingerprint density at radius 2 is 1.83 bits per heavy atom. The van der Waals surface area contributed by atoms with Crippen molar-refractivity contribution < 1.29 is 9.84 Å². The number of rotatable bonds is 5. The Hall–Kier alpha value is -1.84. The molecular formula is C21H27NO2. The zero-order valence-corrected chi connectivity index (χ0v) is 14.6. The summed E-state index contributed by atoms with van der Waals surface area (Å²) in [5, 5.41) is 10.0. The Balaban J connectivity index is 1.82. The number of aliphatic hydroxyl groups is 1. The van der Waals surface area contributed by atoms with Gasteiger partial charge in [-0.1, -0.05) is 42.5 Å². The topological polar surface area (TPSA) is 32.7 Å². The Morgan fingerprint density at radius 1 is 1.12 bits per heavy atom. The average Bonchev–Trinajstić information content (AvgIpc) is 2.65. The van der Waals surface area contributed by atoms with E-state index < -0.39 is 0 Å². The van der Waals surface area contributed by atoms with Crippen molar-refractivity contribution >= 4 is 0 Å². The summed E-state index contributed by atoms with van der Waals surface area (Å²) in [5.41, 5.74) is 2.56. The minimum absolute atomic E-state index is 0.0715. The largest absolute Gasteiger partial charge is 0.497 e. The minimum Gasteiger partial charge on any atom is -0.497 e. The van der Waals surface area contributed by atoms with E-state index in [2.05, 4.69) is 36.1 Å². The number of nitrogens with zero attached hydrogens (tertiary/aromatic N) is 1. The molecule has 3 nitrogen and oxygen atoms in total. The lowest BCUT2D eigenvalue weighted by molar-refractivity contribution is 0.0523. The first kappa shape index (κ1) is 17.0. The lowest BCUT2D eigenvalue weighted by atomic mass is 9.83. The number of methoxy groups -OCH3 is 1. The molecule has 2 aromatic carbocycles. The molecule has 1 N–H and O–H groups in total. The summed E-state index contributed by atoms with van der Waals surface area (Å²) >= 11 is 0. The third-order valence-corrected chi connectivity index (χ3v) is 5.34. The fourth-order valence-corrected chi connectivity index (χ4v) is 3.98. The molecule has 1 saturated heterocycles. The van der Waals surface area contributed by atoms with Crippen molar-refractivity contribution in [1.82, 2.24) is 4.90 Å². The van der Waals surface area contributed by atoms with Crippen molar-refractivity contribution in [1.29, 1.82) is 0 Å². The number of benzene rings is 2. The molecule has 1 fully saturated rings. The number of hydrogen-bond acceptors (Lipinski definition) is 3. The molecular weight excluding hydrogens is 298 g/mol. The van der Waals surface area contributed by atoms with Gasteiger partial charge in [0.1, 0.15) is 5.75 Å². The SMILES string of the molecule is COc1ccc([C@H]2CCCN([C@@H](CO)c3ccccc3)[C@H]2C)cc1. The van der Waals surface area contributed by atoms with E-state index in [1.54, 1.807) is 7.11 Å². The monoisotopic (exact) mass is 325 g/mol. The van der Waals surface area contributed by atoms with E-state index in [1.165, 1.54) is 17.5 Å². The molecule has 0 aromatic heterocycles. The van der Waals surface area contributed by atoms with Gasteiger partial charge in [0.2, 0.25) is 0 Å². The summed E-state index contributed by atoms with van der Waals surface area (Å²) in [6.07, 6.45) is 2.35. The van der Waals surface area contributed by atoms with Crippen molar-refractivity contribution in [2.45, 2.75) is 37.8 Å². The van der Waals surface area contributed by atoms with Crippen LogP contribution in [-0.4, -0.2) is 36.3 Å². The molecule has 0 unspecified atom stereocenters. The van der Waals surface area contributed by atoms with Gasteiger partial charge in [-0.05, 0) is 55.5 Å². The molecule has 1 aliphatic rings. The van der Waals surface area contributed by atoms with Gasteiger partial charge in [-0.3, -0.25) is 4.90 Å². The minimum atomic E-state index is 0.0715. The highest BCUT2D eigenvalue weighted by molar-refractivity contribution is 5.31. The second-order valence-electron chi connectivity index (χ2n) is 6.61. The van der Waals surface area contributed by atoms with E-state index in [0.717, 1.165) is 18.7 Å². The van der Waals surface area contributed by atoms with Crippen LogP contribution < -0.4 is 4.74 Å². The first-order valence-electron chi connectivity index (χ1n) is 8.80. The van der Waals surface area contributed by atoms with Crippen molar-refractivity contribution in [3.05, 3.63) is 65.7 Å². The van der Waals surface area contributed by atoms with Crippen LogP contribution in [-0.2, 0) is 0 Å². The maximum absolute atomic E-state index is 10.0. The van der Waals surface area contributed by atoms with Gasteiger partial charge in [-0.2, -0.15) is 0 Å². The average molecular weight is 325 g/mol. The number of aliphatic hydroxyl groups excluding tert-OH is 1. The predicted molar refractivity (Wildman–Crippen MR) is 97.4 cm³/mol. The smallest absolute Gasteiger partial charge is 0.118 e. The van der Waals surface area contributed by atoms with Crippen LogP contribution in [0.5, 0.6) is 5.75 Å². The van der Waals surface area contributed by atoms with Crippen LogP contribution in [0.3, 0.4) is 0 Å². The highest BCUT2D eigenvalue weighted by Crippen LogP contribution is 2.37. The van der Waals surface area contributed by atoms with Gasteiger partial charge in [0.05, 0.1) is 19.8 Å². The number of piperidine rings is 1. The van der Waals surface area contributed by atoms with E-state index in [-0.39, 0.29) is 12.6 Å². The third-order valence-electron chi connectivity index (χ3n) is 5.34. The highest BCUT2D eigenvalue weighted by Gasteiger charge is 2.33. The van der Waals surface area contributed by atoms with E-state index in [0.29, 0.717) is 12.0 Å². The molecule has 0 aliphatic carbocycles. The molecule has 0 saturated carbocycles. The third kappa shape index (κ3) is 3.47. The second-order valence-corrected chi connectivity index (χ2v) is 6.61. The summed E-state index contributed by atoms with van der Waals surface area (Å²) < 4.78 is 5.27. The highest BCUT2D eigenvalue weighted by atomic mass is 16.5. The van der Waals surface area contributed by atoms with Crippen LogP contribution in [0.4, 0.5) is 0 Å². The molecule has 1 aliphatic heterocycles. The van der Waals surface area contributed by atoms with Crippen molar-refractivity contribution in [3.63, 3.8) is 0 Å². The van der Waals surface area contributed by atoms with E-state index in [9.17, 15) is 5.11 Å². The summed E-state index contributed by atoms with van der Waals surface area (Å²) in [4.78, 5) is 2.47. The van der Waals surface area contributed by atoms with Gasteiger partial charge in [0.25, 0.3) is 0 Å². The maximum Gasteiger partial charge on any atom is 0.118 e. The van der Waals surface area contributed by atoms with Gasteiger partial charge in [0, 0.05) is 6.04 Å². The Kier molecular flexibility index (Phi) is 5.54. The van der Waals surface area contributed by atoms with Crippen LogP contribution in [0.2, 0.25) is 0 Å². The lowest BCUT2D eigenvalue weighted by Gasteiger charge is -2.44. The molecule has 1 heterocycles. The summed E-state index contributed by atoms with van der Waals surface area (Å²) in [7, 11) is 1.70. The van der Waals surface area contributed by atoms with E-state index >= 15 is 0 Å². The normalized spacial score (nSPS) is 23.0. The van der Waals surface area contributed by atoms with Crippen LogP contribution in [0.25, 0.3) is 0 Å². The molecule has 128 valence electrons. The zero-order valence-electron chi connectivity index (χ0n) is 14.6. The van der Waals surface area contributed by atoms with Crippen molar-refractivity contribution in [2.24, 2.45) is 0 Å². The van der Waals surface area contributed by atoms with Crippen LogP contribution in [0.15, 0.2) is 54.6 Å². The number of likely N-dealkylation sites (tertiary alicyclic amines) is 1. The Bertz CT molecular complexity index is 626. The molecule has 0 amide bonds. The Morgan fingerprint density at radius 3 is 2.46 bits per heavy atom. The molecule has 0 radical (unpaired) electrons. The lowest BCUT2D eigenvalue weighted by Crippen LogP contribution is -2.45. The molecule has 0 spiro atoms. The van der Waals surface area contributed by atoms with Gasteiger partial charge < -0.3 is 9.84 Å². The van der Waals surface area contributed by atoms with Crippen LogP contribution in [0.1, 0.15) is 42.9 Å². The molecule has 24 heavy (non-hydrogen) atoms. The molecule has 3 rings (SSSR count). The zero-order chi connectivity index (χ0) is 16.9. The molecule has 2 aromatic rings. The predicted octanol–water partition coefficient (Wildman–Crippen LogP) is 4.00. The van der Waals surface area contributed by atoms with Gasteiger partial charge in [-0.25, -0.2) is 0 Å². The number of hydrogen-bond donors (Lipinski definition) is 1. The van der Waals surface area contributed by atoms with Gasteiger partial charge in [-0.15, -0.1) is 0 Å². The van der Waals surface area contributed by atoms with Crippen molar-refractivity contribution in [2.75, 3.05) is 20.3 Å². The molecule has 0 bridgehead atoms. The van der Waals surface area contributed by atoms with Crippen molar-refractivity contribution in [3.8, 4) is 5.75 Å². The standard InChI is InChI=1S/C21H27NO2/c1-16-20(17-10-12-19(24-2)13-11-17)9-6-14-22(16)21(15-23)18-7-4-3-5-8-18/h3-5,7-8,10-13,16,20-21,23H,6,9,14-15H2,1-2H3/t16-,20-,21-/m0/s1. The van der Waals surface area contributed by atoms with E-state index in [1.807, 2.05) is 30.3 Å². The Labute approximate surface area is 144 Å². The first-order chi connectivity index (χ1) is 11.7. The maximum atomic E-state index is 10.0. The summed E-state index contributed by atoms with van der Waals surface area (Å²) in [6.45, 7) is 3.48.